The molecule has 0 heterocycles. The molecule has 0 aliphatic carbocycles. The van der Waals surface area contributed by atoms with Gasteiger partial charge in [-0.3, -0.25) is 23.7 Å². The maximum absolute atomic E-state index is 13.6. The molecule has 0 saturated heterocycles. The zero-order valence-electron chi connectivity index (χ0n) is 37.4. The molecule has 0 aromatic heterocycles. The minimum absolute atomic E-state index is 0.109. The van der Waals surface area contributed by atoms with E-state index in [0.717, 1.165) is 0 Å². The lowest BCUT2D eigenvalue weighted by Gasteiger charge is -2.49. The van der Waals surface area contributed by atoms with E-state index in [1.54, 1.807) is 27.7 Å². The third kappa shape index (κ3) is 18.2. The van der Waals surface area contributed by atoms with Gasteiger partial charge >= 0.3 is 27.1 Å². The maximum atomic E-state index is 13.6. The van der Waals surface area contributed by atoms with Gasteiger partial charge in [0, 0.05) is 14.0 Å². The first-order valence-corrected chi connectivity index (χ1v) is 20.7. The van der Waals surface area contributed by atoms with Crippen LogP contribution in [0.2, 0.25) is 0 Å². The van der Waals surface area contributed by atoms with Crippen LogP contribution in [0, 0.1) is 16.7 Å². The van der Waals surface area contributed by atoms with Crippen LogP contribution in [0.15, 0.2) is 0 Å². The summed E-state index contributed by atoms with van der Waals surface area (Å²) in [5.41, 5.74) is -3.03. The Kier molecular flexibility index (Phi) is 21.6. The van der Waals surface area contributed by atoms with Crippen molar-refractivity contribution in [3.05, 3.63) is 0 Å². The van der Waals surface area contributed by atoms with Crippen molar-refractivity contribution in [2.24, 2.45) is 16.7 Å². The van der Waals surface area contributed by atoms with Gasteiger partial charge in [-0.05, 0) is 101 Å². The molecule has 0 rings (SSSR count). The summed E-state index contributed by atoms with van der Waals surface area (Å²) in [6.45, 7) is 38.4. The first-order valence-electron chi connectivity index (χ1n) is 18.5. The minimum Gasteiger partial charge on any atom is -0.481 e. The van der Waals surface area contributed by atoms with Crippen molar-refractivity contribution in [1.29, 1.82) is 0 Å². The molecule has 0 amide bonds. The van der Waals surface area contributed by atoms with Crippen molar-refractivity contribution in [1.82, 2.24) is 9.96 Å². The first-order chi connectivity index (χ1) is 23.1. The quantitative estimate of drug-likeness (QED) is 0.113. The maximum Gasteiger partial charge on any atom is 0.350 e. The van der Waals surface area contributed by atoms with Crippen molar-refractivity contribution < 1.29 is 54.8 Å². The van der Waals surface area contributed by atoms with Crippen LogP contribution >= 0.6 is 15.2 Å². The molecule has 0 aromatic rings. The average Bonchev–Trinajstić information content (AvgIpc) is 2.92. The van der Waals surface area contributed by atoms with E-state index >= 15 is 0 Å². The molecule has 0 aliphatic rings. The fourth-order valence-corrected chi connectivity index (χ4v) is 9.98. The van der Waals surface area contributed by atoms with Crippen molar-refractivity contribution in [2.75, 3.05) is 33.5 Å². The topological polar surface area (TPSA) is 161 Å². The van der Waals surface area contributed by atoms with Gasteiger partial charge in [0.05, 0.1) is 32.3 Å². The molecule has 0 bridgehead atoms. The lowest BCUT2D eigenvalue weighted by atomic mass is 9.93. The standard InChI is InChI=1S/C17H36NO6P.C14H32NO3P.C4H8O2.H2/c1-11-22-25(21,23-12-2)13(15(3,4)5)18(16(6,7)8)24-17(9,10)14(19)20;1-10-17-19(16,18-11-2)12(13(3,4)5)15(9)14(6,7)8;1-3(2)4(5)6;/h13H,11-12H2,1-10H3,(H,19,20);12H,10-11H2,1-9H3;3H,1-2H3,(H,5,6);1H/i;;;1+2D. The number of nitrogens with zero attached hydrogens (tertiary/aromatic N) is 2. The predicted molar refractivity (Wildman–Crippen MR) is 205 cm³/mol. The van der Waals surface area contributed by atoms with Gasteiger partial charge in [-0.25, -0.2) is 4.79 Å². The second kappa shape index (κ2) is 21.1. The summed E-state index contributed by atoms with van der Waals surface area (Å²) in [4.78, 5) is 29.3. The zero-order valence-corrected chi connectivity index (χ0v) is 37.2. The van der Waals surface area contributed by atoms with Crippen LogP contribution in [-0.2, 0) is 41.7 Å². The monoisotopic (exact) mass is 768 g/mol. The highest BCUT2D eigenvalue weighted by Gasteiger charge is 2.53. The summed E-state index contributed by atoms with van der Waals surface area (Å²) in [6.07, 6.45) is 0. The van der Waals surface area contributed by atoms with E-state index in [4.69, 9.17) is 31.0 Å². The van der Waals surface area contributed by atoms with Crippen LogP contribution in [0.1, 0.15) is 141 Å². The zero-order chi connectivity index (χ0) is 42.9. The van der Waals surface area contributed by atoms with Gasteiger partial charge in [-0.15, -0.1) is 0 Å². The number of carboxylic acids is 2. The number of rotatable bonds is 16. The van der Waals surface area contributed by atoms with Crippen molar-refractivity contribution >= 4 is 27.1 Å². The van der Waals surface area contributed by atoms with Crippen molar-refractivity contribution in [3.63, 3.8) is 0 Å². The van der Waals surface area contributed by atoms with Gasteiger partial charge in [0.15, 0.2) is 5.60 Å². The number of carbonyl (C=O) groups is 2. The van der Waals surface area contributed by atoms with Crippen LogP contribution in [0.5, 0.6) is 0 Å². The van der Waals surface area contributed by atoms with Crippen LogP contribution in [0.4, 0.5) is 0 Å². The van der Waals surface area contributed by atoms with E-state index in [1.165, 1.54) is 18.9 Å². The number of hydrogen-bond acceptors (Lipinski definition) is 11. The molecule has 2 atom stereocenters. The number of carboxylic acid groups (broad SMARTS) is 2. The lowest BCUT2D eigenvalue weighted by molar-refractivity contribution is -0.290. The van der Waals surface area contributed by atoms with Crippen LogP contribution in [0.25, 0.3) is 0 Å². The molecule has 304 valence electrons. The predicted octanol–water partition coefficient (Wildman–Crippen LogP) is 9.85. The largest absolute Gasteiger partial charge is 0.481 e. The van der Waals surface area contributed by atoms with E-state index in [1.807, 2.05) is 62.4 Å². The summed E-state index contributed by atoms with van der Waals surface area (Å²) in [7, 11) is -4.80. The first kappa shape index (κ1) is 51.2. The van der Waals surface area contributed by atoms with Gasteiger partial charge in [0.2, 0.25) is 0 Å². The van der Waals surface area contributed by atoms with Crippen LogP contribution in [0.3, 0.4) is 0 Å². The third-order valence-electron chi connectivity index (χ3n) is 7.03. The summed E-state index contributed by atoms with van der Waals surface area (Å²) in [5.74, 6) is -3.16. The molecule has 0 aliphatic heterocycles. The van der Waals surface area contributed by atoms with Gasteiger partial charge in [0.1, 0.15) is 11.6 Å². The Morgan fingerprint density at radius 2 is 0.940 bits per heavy atom. The highest BCUT2D eigenvalue weighted by Crippen LogP contribution is 2.61. The molecular weight excluding hydrogens is 686 g/mol. The summed E-state index contributed by atoms with van der Waals surface area (Å²) in [5, 5.41) is 18.9. The molecule has 0 radical (unpaired) electrons. The Hall–Kier alpha value is -0.880. The van der Waals surface area contributed by atoms with Gasteiger partial charge in [-0.1, -0.05) is 55.4 Å². The van der Waals surface area contributed by atoms with Crippen LogP contribution < -0.4 is 0 Å². The highest BCUT2D eigenvalue weighted by atomic mass is 31.2. The Bertz CT molecular complexity index is 1090. The highest BCUT2D eigenvalue weighted by molar-refractivity contribution is 7.55. The van der Waals surface area contributed by atoms with Crippen LogP contribution in [-0.4, -0.2) is 93.8 Å². The van der Waals surface area contributed by atoms with E-state index in [2.05, 4.69) is 46.4 Å². The normalized spacial score (nSPS) is 15.0. The fraction of sp³-hybridized carbons (Fsp3) is 0.943. The van der Waals surface area contributed by atoms with Gasteiger partial charge in [0.25, 0.3) is 0 Å². The second-order valence-electron chi connectivity index (χ2n) is 16.9. The summed E-state index contributed by atoms with van der Waals surface area (Å²) in [6, 6.07) is 0. The Morgan fingerprint density at radius 1 is 0.660 bits per heavy atom. The Balaban J connectivity index is -0.000000375. The van der Waals surface area contributed by atoms with E-state index in [-0.39, 0.29) is 35.9 Å². The van der Waals surface area contributed by atoms with Gasteiger partial charge < -0.3 is 28.3 Å². The molecule has 2 unspecified atom stereocenters. The molecule has 0 fully saturated rings. The lowest BCUT2D eigenvalue weighted by Crippen LogP contribution is -2.57. The number of hydrogen-bond donors (Lipinski definition) is 2. The molecule has 15 heteroatoms. The molecule has 0 saturated carbocycles. The minimum atomic E-state index is -3.61. The molecular formula is C35H78N2O11P2. The molecule has 0 spiro atoms. The molecule has 2 N–H and O–H groups in total. The Labute approximate surface area is 308 Å². The van der Waals surface area contributed by atoms with Crippen molar-refractivity contribution in [2.45, 2.75) is 167 Å². The number of aliphatic carboxylic acids is 2. The molecule has 50 heavy (non-hydrogen) atoms. The molecule has 13 nitrogen and oxygen atoms in total. The average molecular weight is 768 g/mol. The van der Waals surface area contributed by atoms with Gasteiger partial charge in [-0.2, -0.15) is 5.06 Å². The fourth-order valence-electron chi connectivity index (χ4n) is 4.50. The summed E-state index contributed by atoms with van der Waals surface area (Å²) >= 11 is 0. The van der Waals surface area contributed by atoms with E-state index < -0.39 is 49.5 Å². The summed E-state index contributed by atoms with van der Waals surface area (Å²) < 4.78 is 59.0. The van der Waals surface area contributed by atoms with E-state index in [0.29, 0.717) is 13.2 Å². The van der Waals surface area contributed by atoms with Crippen molar-refractivity contribution in [3.8, 4) is 0 Å². The Morgan fingerprint density at radius 3 is 1.12 bits per heavy atom. The third-order valence-corrected chi connectivity index (χ3v) is 12.8. The smallest absolute Gasteiger partial charge is 0.350 e. The number of hydroxylamine groups is 2. The second-order valence-corrected chi connectivity index (χ2v) is 21.1. The van der Waals surface area contributed by atoms with E-state index in [9.17, 15) is 23.8 Å². The SMILES string of the molecule is CC(C)C(=O)O.CCOP(=O)(OCC)C(N(C)C(C)(C)C)C(C)(C)C.CCOP(=O)(OCC)C(N(OC(C)(C)C(=O)O)C(C)(C)C)C(C)(C)C.[2H][3H]. The molecule has 0 aromatic carbocycles.